The van der Waals surface area contributed by atoms with Gasteiger partial charge in [0.1, 0.15) is 5.69 Å². The standard InChI is InChI=1S/C20H21ClN8/c1-28-6-4-14(5-7-28)29-11-12(9-24-29)17-10-23-19(22)18(25-17)20-26-15-3-2-13(21)8-16(15)27-20/h2-3,8-11,14H,4-7H2,1H3,(H2,22,23)(H,26,27). The zero-order valence-corrected chi connectivity index (χ0v) is 16.8. The number of H-pyrrole nitrogens is 1. The zero-order chi connectivity index (χ0) is 20.0. The highest BCUT2D eigenvalue weighted by atomic mass is 35.5. The van der Waals surface area contributed by atoms with Crippen LogP contribution < -0.4 is 5.73 Å². The summed E-state index contributed by atoms with van der Waals surface area (Å²) in [7, 11) is 2.16. The number of hydrogen-bond acceptors (Lipinski definition) is 6. The number of piperidine rings is 1. The van der Waals surface area contributed by atoms with Crippen molar-refractivity contribution in [2.45, 2.75) is 18.9 Å². The molecule has 0 atom stereocenters. The molecule has 4 aromatic rings. The Labute approximate surface area is 172 Å². The van der Waals surface area contributed by atoms with Gasteiger partial charge in [-0.15, -0.1) is 0 Å². The summed E-state index contributed by atoms with van der Waals surface area (Å²) in [6, 6.07) is 5.90. The maximum absolute atomic E-state index is 6.10. The third-order valence-electron chi connectivity index (χ3n) is 5.43. The third kappa shape index (κ3) is 3.45. The molecule has 1 aliphatic heterocycles. The van der Waals surface area contributed by atoms with Crippen LogP contribution in [-0.4, -0.2) is 54.8 Å². The molecule has 29 heavy (non-hydrogen) atoms. The van der Waals surface area contributed by atoms with E-state index >= 15 is 0 Å². The molecule has 148 valence electrons. The van der Waals surface area contributed by atoms with Crippen LogP contribution in [0.25, 0.3) is 33.8 Å². The predicted molar refractivity (Wildman–Crippen MR) is 114 cm³/mol. The van der Waals surface area contributed by atoms with Crippen LogP contribution in [0.1, 0.15) is 18.9 Å². The van der Waals surface area contributed by atoms with Gasteiger partial charge in [0.2, 0.25) is 0 Å². The van der Waals surface area contributed by atoms with Crippen LogP contribution in [0.2, 0.25) is 5.02 Å². The van der Waals surface area contributed by atoms with Gasteiger partial charge in [-0.05, 0) is 51.2 Å². The first-order chi connectivity index (χ1) is 14.1. The molecular formula is C20H21ClN8. The van der Waals surface area contributed by atoms with Crippen LogP contribution in [0.4, 0.5) is 5.82 Å². The highest BCUT2D eigenvalue weighted by molar-refractivity contribution is 6.31. The van der Waals surface area contributed by atoms with Crippen LogP contribution in [0.15, 0.2) is 36.8 Å². The number of benzene rings is 1. The number of aromatic nitrogens is 6. The maximum Gasteiger partial charge on any atom is 0.161 e. The van der Waals surface area contributed by atoms with Crippen molar-refractivity contribution < 1.29 is 0 Å². The molecule has 0 radical (unpaired) electrons. The van der Waals surface area contributed by atoms with Crippen LogP contribution >= 0.6 is 11.6 Å². The number of hydrogen-bond donors (Lipinski definition) is 2. The molecule has 0 spiro atoms. The van der Waals surface area contributed by atoms with E-state index in [1.807, 2.05) is 29.2 Å². The lowest BCUT2D eigenvalue weighted by atomic mass is 10.1. The Bertz CT molecular complexity index is 1170. The minimum atomic E-state index is 0.321. The minimum absolute atomic E-state index is 0.321. The van der Waals surface area contributed by atoms with Crippen LogP contribution in [0.3, 0.4) is 0 Å². The van der Waals surface area contributed by atoms with Gasteiger partial charge in [-0.25, -0.2) is 15.0 Å². The molecule has 0 aliphatic carbocycles. The highest BCUT2D eigenvalue weighted by Gasteiger charge is 2.20. The van der Waals surface area contributed by atoms with Crippen molar-refractivity contribution in [3.05, 3.63) is 41.8 Å². The van der Waals surface area contributed by atoms with Gasteiger partial charge < -0.3 is 15.6 Å². The molecule has 3 N–H and O–H groups in total. The average Bonchev–Trinajstić information content (AvgIpc) is 3.36. The average molecular weight is 409 g/mol. The molecule has 0 amide bonds. The second-order valence-corrected chi connectivity index (χ2v) is 7.92. The Kier molecular flexibility index (Phi) is 4.44. The molecule has 1 fully saturated rings. The van der Waals surface area contributed by atoms with Gasteiger partial charge in [-0.3, -0.25) is 4.68 Å². The lowest BCUT2D eigenvalue weighted by molar-refractivity contribution is 0.212. The van der Waals surface area contributed by atoms with Gasteiger partial charge in [0.15, 0.2) is 11.6 Å². The van der Waals surface area contributed by atoms with Crippen molar-refractivity contribution in [3.8, 4) is 22.8 Å². The molecule has 0 saturated carbocycles. The predicted octanol–water partition coefficient (Wildman–Crippen LogP) is 3.39. The van der Waals surface area contributed by atoms with E-state index in [0.717, 1.165) is 42.5 Å². The van der Waals surface area contributed by atoms with Gasteiger partial charge in [-0.2, -0.15) is 5.10 Å². The largest absolute Gasteiger partial charge is 0.382 e. The van der Waals surface area contributed by atoms with Crippen LogP contribution in [0.5, 0.6) is 0 Å². The fraction of sp³-hybridized carbons (Fsp3) is 0.300. The van der Waals surface area contributed by atoms with E-state index in [9.17, 15) is 0 Å². The van der Waals surface area contributed by atoms with Crippen molar-refractivity contribution >= 4 is 28.5 Å². The monoisotopic (exact) mass is 408 g/mol. The SMILES string of the molecule is CN1CCC(n2cc(-c3cnc(N)c(-c4nc5ccc(Cl)cc5[nH]4)n3)cn2)CC1. The summed E-state index contributed by atoms with van der Waals surface area (Å²) < 4.78 is 2.04. The Morgan fingerprint density at radius 1 is 1.17 bits per heavy atom. The number of halogens is 1. The molecule has 3 aromatic heterocycles. The third-order valence-corrected chi connectivity index (χ3v) is 5.66. The summed E-state index contributed by atoms with van der Waals surface area (Å²) in [6.45, 7) is 2.17. The molecule has 0 unspecified atom stereocenters. The van der Waals surface area contributed by atoms with E-state index in [4.69, 9.17) is 22.3 Å². The fourth-order valence-corrected chi connectivity index (χ4v) is 3.91. The lowest BCUT2D eigenvalue weighted by Crippen LogP contribution is -2.31. The highest BCUT2D eigenvalue weighted by Crippen LogP contribution is 2.28. The van der Waals surface area contributed by atoms with Crippen molar-refractivity contribution in [3.63, 3.8) is 0 Å². The first kappa shape index (κ1) is 18.1. The Hall–Kier alpha value is -2.97. The molecule has 4 heterocycles. The second kappa shape index (κ2) is 7.13. The van der Waals surface area contributed by atoms with Crippen molar-refractivity contribution in [1.82, 2.24) is 34.6 Å². The maximum atomic E-state index is 6.10. The number of nitrogens with two attached hydrogens (primary N) is 1. The number of rotatable bonds is 3. The van der Waals surface area contributed by atoms with E-state index in [2.05, 4.69) is 32.0 Å². The summed E-state index contributed by atoms with van der Waals surface area (Å²) in [5.74, 6) is 0.887. The van der Waals surface area contributed by atoms with E-state index < -0.39 is 0 Å². The fourth-order valence-electron chi connectivity index (χ4n) is 3.74. The van der Waals surface area contributed by atoms with E-state index in [1.165, 1.54) is 0 Å². The number of imidazole rings is 1. The molecule has 5 rings (SSSR count). The number of anilines is 1. The Morgan fingerprint density at radius 2 is 2.00 bits per heavy atom. The summed E-state index contributed by atoms with van der Waals surface area (Å²) in [4.78, 5) is 19.2. The number of likely N-dealkylation sites (tertiary alicyclic amines) is 1. The van der Waals surface area contributed by atoms with Crippen LogP contribution in [0, 0.1) is 0 Å². The number of aromatic amines is 1. The van der Waals surface area contributed by atoms with Gasteiger partial charge in [0.25, 0.3) is 0 Å². The molecule has 9 heteroatoms. The number of nitrogens with zero attached hydrogens (tertiary/aromatic N) is 6. The zero-order valence-electron chi connectivity index (χ0n) is 16.0. The minimum Gasteiger partial charge on any atom is -0.382 e. The van der Waals surface area contributed by atoms with Crippen molar-refractivity contribution in [2.75, 3.05) is 25.9 Å². The smallest absolute Gasteiger partial charge is 0.161 e. The van der Waals surface area contributed by atoms with E-state index in [-0.39, 0.29) is 0 Å². The summed E-state index contributed by atoms with van der Waals surface area (Å²) in [5, 5.41) is 5.21. The second-order valence-electron chi connectivity index (χ2n) is 7.48. The quantitative estimate of drug-likeness (QED) is 0.538. The van der Waals surface area contributed by atoms with Crippen molar-refractivity contribution in [2.24, 2.45) is 0 Å². The number of fused-ring (bicyclic) bond motifs is 1. The van der Waals surface area contributed by atoms with Gasteiger partial charge >= 0.3 is 0 Å². The van der Waals surface area contributed by atoms with Crippen LogP contribution in [-0.2, 0) is 0 Å². The van der Waals surface area contributed by atoms with Gasteiger partial charge in [0.05, 0.1) is 35.2 Å². The number of nitrogens with one attached hydrogen (secondary N) is 1. The van der Waals surface area contributed by atoms with E-state index in [0.29, 0.717) is 34.1 Å². The molecule has 1 aromatic carbocycles. The van der Waals surface area contributed by atoms with Gasteiger partial charge in [0, 0.05) is 16.8 Å². The topological polar surface area (TPSA) is 102 Å². The summed E-state index contributed by atoms with van der Waals surface area (Å²) >= 11 is 6.07. The molecule has 0 bridgehead atoms. The first-order valence-electron chi connectivity index (χ1n) is 9.58. The van der Waals surface area contributed by atoms with Gasteiger partial charge in [-0.1, -0.05) is 11.6 Å². The Morgan fingerprint density at radius 3 is 2.83 bits per heavy atom. The molecular weight excluding hydrogens is 388 g/mol. The molecule has 8 nitrogen and oxygen atoms in total. The van der Waals surface area contributed by atoms with E-state index in [1.54, 1.807) is 12.3 Å². The summed E-state index contributed by atoms with van der Waals surface area (Å²) in [5.41, 5.74) is 9.87. The lowest BCUT2D eigenvalue weighted by Gasteiger charge is -2.28. The molecule has 1 aliphatic rings. The summed E-state index contributed by atoms with van der Waals surface area (Å²) in [6.07, 6.45) is 7.74. The Balaban J connectivity index is 1.48. The normalized spacial score (nSPS) is 15.9. The number of nitrogen functional groups attached to an aromatic ring is 1. The molecule has 1 saturated heterocycles. The van der Waals surface area contributed by atoms with Crippen molar-refractivity contribution in [1.29, 1.82) is 0 Å². The first-order valence-corrected chi connectivity index (χ1v) is 9.96.